The Morgan fingerprint density at radius 3 is 2.55 bits per heavy atom. The van der Waals surface area contributed by atoms with Crippen LogP contribution in [0.2, 0.25) is 0 Å². The number of hydrogen-bond donors (Lipinski definition) is 2. The first-order valence-corrected chi connectivity index (χ1v) is 6.30. The van der Waals surface area contributed by atoms with Crippen LogP contribution in [0.1, 0.15) is 18.1 Å². The van der Waals surface area contributed by atoms with Gasteiger partial charge in [0.05, 0.1) is 6.42 Å². The molecule has 0 atom stereocenters. The maximum Gasteiger partial charge on any atom is 0.321 e. The van der Waals surface area contributed by atoms with E-state index in [1.54, 1.807) is 6.92 Å². The number of amides is 3. The number of urea groups is 1. The summed E-state index contributed by atoms with van der Waals surface area (Å²) in [7, 11) is 0. The van der Waals surface area contributed by atoms with Crippen molar-refractivity contribution in [3.05, 3.63) is 35.4 Å². The van der Waals surface area contributed by atoms with Crippen LogP contribution in [-0.4, -0.2) is 31.1 Å². The quantitative estimate of drug-likeness (QED) is 0.785. The third-order valence-electron chi connectivity index (χ3n) is 2.55. The van der Waals surface area contributed by atoms with Gasteiger partial charge < -0.3 is 10.1 Å². The first kappa shape index (κ1) is 15.7. The van der Waals surface area contributed by atoms with Crippen LogP contribution in [0, 0.1) is 6.92 Å². The summed E-state index contributed by atoms with van der Waals surface area (Å²) in [4.78, 5) is 33.9. The Bertz CT molecular complexity index is 500. The van der Waals surface area contributed by atoms with E-state index in [2.05, 4.69) is 5.32 Å². The average Bonchev–Trinajstić information content (AvgIpc) is 2.39. The van der Waals surface area contributed by atoms with Gasteiger partial charge in [-0.25, -0.2) is 4.79 Å². The van der Waals surface area contributed by atoms with Gasteiger partial charge in [0, 0.05) is 6.54 Å². The molecule has 0 fully saturated rings. The highest BCUT2D eigenvalue weighted by Gasteiger charge is 2.11. The fourth-order valence-corrected chi connectivity index (χ4v) is 1.53. The summed E-state index contributed by atoms with van der Waals surface area (Å²) in [6, 6.07) is 6.82. The summed E-state index contributed by atoms with van der Waals surface area (Å²) in [5, 5.41) is 4.45. The minimum atomic E-state index is -0.658. The van der Waals surface area contributed by atoms with E-state index in [1.807, 2.05) is 36.5 Å². The number of esters is 1. The number of carbonyl (C=O) groups is 3. The van der Waals surface area contributed by atoms with Crippen molar-refractivity contribution in [3.8, 4) is 0 Å². The zero-order valence-electron chi connectivity index (χ0n) is 11.6. The van der Waals surface area contributed by atoms with Crippen LogP contribution in [0.15, 0.2) is 24.3 Å². The molecule has 6 heteroatoms. The van der Waals surface area contributed by atoms with E-state index in [0.29, 0.717) is 6.54 Å². The van der Waals surface area contributed by atoms with Crippen LogP contribution in [0.3, 0.4) is 0 Å². The number of aryl methyl sites for hydroxylation is 1. The first-order chi connectivity index (χ1) is 9.52. The third kappa shape index (κ3) is 5.51. The molecule has 0 radical (unpaired) electrons. The zero-order chi connectivity index (χ0) is 15.0. The molecule has 0 unspecified atom stereocenters. The Morgan fingerprint density at radius 1 is 1.20 bits per heavy atom. The molecule has 2 N–H and O–H groups in total. The molecule has 1 rings (SSSR count). The molecule has 0 bridgehead atoms. The van der Waals surface area contributed by atoms with E-state index in [4.69, 9.17) is 4.74 Å². The second-order valence-corrected chi connectivity index (χ2v) is 4.17. The van der Waals surface area contributed by atoms with Crippen molar-refractivity contribution in [2.45, 2.75) is 20.3 Å². The molecule has 0 heterocycles. The lowest BCUT2D eigenvalue weighted by Crippen LogP contribution is -2.41. The van der Waals surface area contributed by atoms with E-state index in [1.165, 1.54) is 0 Å². The van der Waals surface area contributed by atoms with E-state index in [-0.39, 0.29) is 6.42 Å². The van der Waals surface area contributed by atoms with Gasteiger partial charge in [0.2, 0.25) is 0 Å². The van der Waals surface area contributed by atoms with Crippen LogP contribution in [0.5, 0.6) is 0 Å². The molecule has 0 aliphatic carbocycles. The maximum absolute atomic E-state index is 11.6. The Morgan fingerprint density at radius 2 is 1.90 bits per heavy atom. The van der Waals surface area contributed by atoms with E-state index in [9.17, 15) is 14.4 Å². The molecule has 0 spiro atoms. The van der Waals surface area contributed by atoms with E-state index in [0.717, 1.165) is 11.1 Å². The molecular weight excluding hydrogens is 260 g/mol. The molecule has 0 aliphatic rings. The average molecular weight is 278 g/mol. The summed E-state index contributed by atoms with van der Waals surface area (Å²) >= 11 is 0. The lowest BCUT2D eigenvalue weighted by molar-refractivity contribution is -0.147. The molecule has 0 saturated heterocycles. The van der Waals surface area contributed by atoms with Crippen LogP contribution in [0.25, 0.3) is 0 Å². The SMILES string of the molecule is CCNC(=O)NC(=O)COC(=O)Cc1ccccc1C. The van der Waals surface area contributed by atoms with Crippen LogP contribution >= 0.6 is 0 Å². The van der Waals surface area contributed by atoms with Crippen LogP contribution < -0.4 is 10.6 Å². The topological polar surface area (TPSA) is 84.5 Å². The Balaban J connectivity index is 2.35. The first-order valence-electron chi connectivity index (χ1n) is 6.30. The molecule has 108 valence electrons. The molecule has 0 saturated carbocycles. The minimum Gasteiger partial charge on any atom is -0.455 e. The van der Waals surface area contributed by atoms with Gasteiger partial charge >= 0.3 is 12.0 Å². The maximum atomic E-state index is 11.6. The highest BCUT2D eigenvalue weighted by Crippen LogP contribution is 2.08. The standard InChI is InChI=1S/C14H18N2O4/c1-3-15-14(19)16-12(17)9-20-13(18)8-11-7-5-4-6-10(11)2/h4-7H,3,8-9H2,1-2H3,(H2,15,16,17,19). The van der Waals surface area contributed by atoms with Crippen LogP contribution in [0.4, 0.5) is 4.79 Å². The number of benzene rings is 1. The summed E-state index contributed by atoms with van der Waals surface area (Å²) in [5.41, 5.74) is 1.83. The van der Waals surface area contributed by atoms with Crippen LogP contribution in [-0.2, 0) is 20.7 Å². The number of imide groups is 1. The molecular formula is C14H18N2O4. The predicted octanol–water partition coefficient (Wildman–Crippen LogP) is 0.926. The minimum absolute atomic E-state index is 0.0983. The number of carbonyl (C=O) groups excluding carboxylic acids is 3. The Kier molecular flexibility index (Phi) is 6.22. The second-order valence-electron chi connectivity index (χ2n) is 4.17. The molecule has 0 aliphatic heterocycles. The van der Waals surface area contributed by atoms with Crippen molar-refractivity contribution in [1.29, 1.82) is 0 Å². The van der Waals surface area contributed by atoms with Crippen molar-refractivity contribution in [1.82, 2.24) is 10.6 Å². The molecule has 1 aromatic rings. The van der Waals surface area contributed by atoms with Gasteiger partial charge in [0.25, 0.3) is 5.91 Å². The van der Waals surface area contributed by atoms with Gasteiger partial charge in [-0.2, -0.15) is 0 Å². The normalized spacial score (nSPS) is 9.70. The molecule has 3 amide bonds. The number of nitrogens with one attached hydrogen (secondary N) is 2. The van der Waals surface area contributed by atoms with Crippen molar-refractivity contribution in [2.24, 2.45) is 0 Å². The Hall–Kier alpha value is -2.37. The van der Waals surface area contributed by atoms with Crippen molar-refractivity contribution < 1.29 is 19.1 Å². The Labute approximate surface area is 117 Å². The highest BCUT2D eigenvalue weighted by molar-refractivity contribution is 5.95. The molecule has 1 aromatic carbocycles. The summed E-state index contributed by atoms with van der Waals surface area (Å²) in [6.45, 7) is 3.56. The van der Waals surface area contributed by atoms with Gasteiger partial charge in [-0.05, 0) is 25.0 Å². The summed E-state index contributed by atoms with van der Waals surface area (Å²) in [6.07, 6.45) is 0.0983. The lowest BCUT2D eigenvalue weighted by atomic mass is 10.1. The fourth-order valence-electron chi connectivity index (χ4n) is 1.53. The second kappa shape index (κ2) is 7.93. The monoisotopic (exact) mass is 278 g/mol. The van der Waals surface area contributed by atoms with Crippen molar-refractivity contribution >= 4 is 17.9 Å². The van der Waals surface area contributed by atoms with Gasteiger partial charge in [-0.1, -0.05) is 24.3 Å². The van der Waals surface area contributed by atoms with Crippen molar-refractivity contribution in [3.63, 3.8) is 0 Å². The summed E-state index contributed by atoms with van der Waals surface area (Å²) in [5.74, 6) is -1.17. The predicted molar refractivity (Wildman–Crippen MR) is 73.1 cm³/mol. The molecule has 0 aromatic heterocycles. The smallest absolute Gasteiger partial charge is 0.321 e. The molecule has 20 heavy (non-hydrogen) atoms. The van der Waals surface area contributed by atoms with E-state index >= 15 is 0 Å². The zero-order valence-corrected chi connectivity index (χ0v) is 11.6. The fraction of sp³-hybridized carbons (Fsp3) is 0.357. The number of ether oxygens (including phenoxy) is 1. The third-order valence-corrected chi connectivity index (χ3v) is 2.55. The van der Waals surface area contributed by atoms with Gasteiger partial charge in [0.1, 0.15) is 0 Å². The molecule has 6 nitrogen and oxygen atoms in total. The number of rotatable bonds is 5. The van der Waals surface area contributed by atoms with Crippen molar-refractivity contribution in [2.75, 3.05) is 13.2 Å². The number of hydrogen-bond acceptors (Lipinski definition) is 4. The van der Waals surface area contributed by atoms with Gasteiger partial charge in [-0.15, -0.1) is 0 Å². The highest BCUT2D eigenvalue weighted by atomic mass is 16.5. The van der Waals surface area contributed by atoms with Gasteiger partial charge in [0.15, 0.2) is 6.61 Å². The largest absolute Gasteiger partial charge is 0.455 e. The lowest BCUT2D eigenvalue weighted by Gasteiger charge is -2.07. The van der Waals surface area contributed by atoms with E-state index < -0.39 is 24.5 Å². The summed E-state index contributed by atoms with van der Waals surface area (Å²) < 4.78 is 4.81. The van der Waals surface area contributed by atoms with Gasteiger partial charge in [-0.3, -0.25) is 14.9 Å².